The molecule has 40 heavy (non-hydrogen) atoms. The number of benzene rings is 2. The largest absolute Gasteiger partial charge is 0.399 e. The zero-order valence-electron chi connectivity index (χ0n) is 21.4. The van der Waals surface area contributed by atoms with Crippen molar-refractivity contribution in [1.82, 2.24) is 18.8 Å². The summed E-state index contributed by atoms with van der Waals surface area (Å²) in [6.07, 6.45) is 0.782. The molecule has 5 rings (SSSR count). The van der Waals surface area contributed by atoms with Crippen LogP contribution in [0.25, 0.3) is 22.2 Å². The lowest BCUT2D eigenvalue weighted by atomic mass is 10.0. The minimum Gasteiger partial charge on any atom is -0.399 e. The molecule has 0 radical (unpaired) electrons. The third-order valence-electron chi connectivity index (χ3n) is 6.66. The molecule has 4 aromatic rings. The summed E-state index contributed by atoms with van der Waals surface area (Å²) in [5.74, 6) is -2.08. The summed E-state index contributed by atoms with van der Waals surface area (Å²) < 4.78 is 73.2. The van der Waals surface area contributed by atoms with E-state index in [9.17, 15) is 22.0 Å². The lowest BCUT2D eigenvalue weighted by Gasteiger charge is -2.18. The van der Waals surface area contributed by atoms with Gasteiger partial charge in [0.05, 0.1) is 16.8 Å². The van der Waals surface area contributed by atoms with Gasteiger partial charge >= 0.3 is 10.2 Å². The Morgan fingerprint density at radius 2 is 1.90 bits per heavy atom. The summed E-state index contributed by atoms with van der Waals surface area (Å²) in [6, 6.07) is 10.4. The van der Waals surface area contributed by atoms with Crippen molar-refractivity contribution in [3.8, 4) is 11.1 Å². The average Bonchev–Trinajstić information content (AvgIpc) is 3.37. The maximum absolute atomic E-state index is 15.5. The maximum Gasteiger partial charge on any atom is 0.301 e. The summed E-state index contributed by atoms with van der Waals surface area (Å²) in [4.78, 5) is 21.8. The molecule has 10 nitrogen and oxygen atoms in total. The first kappa shape index (κ1) is 27.4. The molecule has 1 atom stereocenters. The number of nitrogens with two attached hydrogens (primary N) is 1. The molecule has 1 saturated heterocycles. The molecule has 210 valence electrons. The molecule has 14 heteroatoms. The third-order valence-corrected chi connectivity index (χ3v) is 8.15. The van der Waals surface area contributed by atoms with Crippen LogP contribution >= 0.6 is 0 Å². The van der Waals surface area contributed by atoms with Crippen LogP contribution in [0.5, 0.6) is 0 Å². The van der Waals surface area contributed by atoms with E-state index in [0.717, 1.165) is 26.6 Å². The lowest BCUT2D eigenvalue weighted by molar-refractivity contribution is 0.343. The molecular formula is C26H26F3N7O3S. The van der Waals surface area contributed by atoms with Crippen LogP contribution < -0.4 is 21.3 Å². The number of fused-ring (bicyclic) bond motifs is 1. The molecule has 1 aliphatic heterocycles. The normalized spacial score (nSPS) is 15.9. The van der Waals surface area contributed by atoms with E-state index in [0.29, 0.717) is 24.0 Å². The van der Waals surface area contributed by atoms with Gasteiger partial charge in [-0.2, -0.15) is 17.7 Å². The van der Waals surface area contributed by atoms with Crippen LogP contribution in [0.3, 0.4) is 0 Å². The number of nitrogen functional groups attached to an aromatic ring is 1. The number of aryl methyl sites for hydroxylation is 1. The zero-order chi connectivity index (χ0) is 28.6. The number of nitrogens with zero attached hydrogens (tertiary/aromatic N) is 4. The quantitative estimate of drug-likeness (QED) is 0.276. The molecule has 2 aromatic carbocycles. The molecule has 0 unspecified atom stereocenters. The first-order chi connectivity index (χ1) is 19.0. The van der Waals surface area contributed by atoms with E-state index in [-0.39, 0.29) is 36.7 Å². The SMILES string of the molecule is Cn1c(=O)c(-c2c(F)ccc(NS(=O)(=O)N3CC[C@@H](F)C3)c2F)cc2cnc(NCCc3ccc(N)cc3)nc21. The van der Waals surface area contributed by atoms with E-state index in [1.807, 2.05) is 16.9 Å². The van der Waals surface area contributed by atoms with E-state index in [1.54, 1.807) is 12.1 Å². The maximum atomic E-state index is 15.5. The Hall–Kier alpha value is -4.17. The molecule has 0 aliphatic carbocycles. The highest BCUT2D eigenvalue weighted by molar-refractivity contribution is 7.90. The summed E-state index contributed by atoms with van der Waals surface area (Å²) in [6.45, 7) is 0.0635. The smallest absolute Gasteiger partial charge is 0.301 e. The van der Waals surface area contributed by atoms with E-state index in [1.165, 1.54) is 19.3 Å². The van der Waals surface area contributed by atoms with Crippen LogP contribution in [0.1, 0.15) is 12.0 Å². The fourth-order valence-corrected chi connectivity index (χ4v) is 5.77. The van der Waals surface area contributed by atoms with Gasteiger partial charge in [0.2, 0.25) is 5.95 Å². The Morgan fingerprint density at radius 3 is 2.60 bits per heavy atom. The standard InChI is InChI=1S/C26H26F3N7O3S/c1-35-24-16(13-32-26(33-24)31-10-8-15-2-4-18(30)5-3-15)12-19(25(35)37)22-20(28)6-7-21(23(22)29)34-40(38,39)36-11-9-17(27)14-36/h2-7,12-13,17,34H,8-11,14,30H2,1H3,(H,31,32,33)/t17-/m1/s1. The molecule has 0 spiro atoms. The zero-order valence-corrected chi connectivity index (χ0v) is 22.2. The minimum atomic E-state index is -4.30. The molecule has 2 aromatic heterocycles. The van der Waals surface area contributed by atoms with E-state index in [4.69, 9.17) is 5.73 Å². The van der Waals surface area contributed by atoms with E-state index >= 15 is 4.39 Å². The molecule has 1 aliphatic rings. The molecule has 0 saturated carbocycles. The minimum absolute atomic E-state index is 0.0209. The second kappa shape index (κ2) is 10.8. The Balaban J connectivity index is 1.43. The molecule has 0 amide bonds. The summed E-state index contributed by atoms with van der Waals surface area (Å²) in [5, 5.41) is 3.42. The number of aromatic nitrogens is 3. The Bertz CT molecular complexity index is 1750. The molecule has 4 N–H and O–H groups in total. The van der Waals surface area contributed by atoms with Crippen molar-refractivity contribution in [2.45, 2.75) is 19.0 Å². The highest BCUT2D eigenvalue weighted by Crippen LogP contribution is 2.31. The number of rotatable bonds is 8. The van der Waals surface area contributed by atoms with Crippen LogP contribution in [0.2, 0.25) is 0 Å². The predicted octanol–water partition coefficient (Wildman–Crippen LogP) is 3.21. The van der Waals surface area contributed by atoms with Gasteiger partial charge in [0.25, 0.3) is 5.56 Å². The van der Waals surface area contributed by atoms with Crippen LogP contribution in [0.15, 0.2) is 53.5 Å². The van der Waals surface area contributed by atoms with Gasteiger partial charge in [-0.3, -0.25) is 14.1 Å². The number of alkyl halides is 1. The number of halogens is 3. The van der Waals surface area contributed by atoms with Crippen LogP contribution in [0.4, 0.5) is 30.5 Å². The first-order valence-electron chi connectivity index (χ1n) is 12.4. The number of anilines is 3. The molecule has 0 bridgehead atoms. The van der Waals surface area contributed by atoms with Crippen LogP contribution in [-0.2, 0) is 23.7 Å². The number of nitrogens with one attached hydrogen (secondary N) is 2. The highest BCUT2D eigenvalue weighted by Gasteiger charge is 2.32. The van der Waals surface area contributed by atoms with Crippen LogP contribution in [-0.4, -0.2) is 53.1 Å². The van der Waals surface area contributed by atoms with Crippen molar-refractivity contribution in [1.29, 1.82) is 0 Å². The fraction of sp³-hybridized carbons (Fsp3) is 0.269. The van der Waals surface area contributed by atoms with Gasteiger partial charge in [-0.25, -0.2) is 18.2 Å². The number of hydrogen-bond donors (Lipinski definition) is 3. The molecular weight excluding hydrogens is 547 g/mol. The van der Waals surface area contributed by atoms with Gasteiger partial charge < -0.3 is 11.1 Å². The molecule has 1 fully saturated rings. The summed E-state index contributed by atoms with van der Waals surface area (Å²) in [7, 11) is -2.90. The van der Waals surface area contributed by atoms with Crippen molar-refractivity contribution in [2.75, 3.05) is 35.4 Å². The van der Waals surface area contributed by atoms with Gasteiger partial charge in [-0.1, -0.05) is 12.1 Å². The van der Waals surface area contributed by atoms with E-state index in [2.05, 4.69) is 15.3 Å². The van der Waals surface area contributed by atoms with Crippen molar-refractivity contribution in [2.24, 2.45) is 7.05 Å². The Kier molecular flexibility index (Phi) is 7.38. The summed E-state index contributed by atoms with van der Waals surface area (Å²) in [5.41, 5.74) is 5.28. The predicted molar refractivity (Wildman–Crippen MR) is 147 cm³/mol. The highest BCUT2D eigenvalue weighted by atomic mass is 32.2. The second-order valence-corrected chi connectivity index (χ2v) is 11.1. The Labute approximate surface area is 227 Å². The van der Waals surface area contributed by atoms with Gasteiger partial charge in [0.15, 0.2) is 5.82 Å². The van der Waals surface area contributed by atoms with E-state index < -0.39 is 44.8 Å². The number of pyridine rings is 1. The van der Waals surface area contributed by atoms with Crippen molar-refractivity contribution >= 4 is 38.6 Å². The monoisotopic (exact) mass is 573 g/mol. The average molecular weight is 574 g/mol. The third kappa shape index (κ3) is 5.45. The van der Waals surface area contributed by atoms with Gasteiger partial charge in [0.1, 0.15) is 17.6 Å². The van der Waals surface area contributed by atoms with Crippen molar-refractivity contribution in [3.05, 3.63) is 76.2 Å². The Morgan fingerprint density at radius 1 is 1.15 bits per heavy atom. The number of hydrogen-bond acceptors (Lipinski definition) is 7. The second-order valence-electron chi connectivity index (χ2n) is 9.45. The topological polar surface area (TPSA) is 135 Å². The van der Waals surface area contributed by atoms with Gasteiger partial charge in [-0.15, -0.1) is 0 Å². The fourth-order valence-electron chi connectivity index (χ4n) is 4.50. The van der Waals surface area contributed by atoms with Crippen LogP contribution in [0, 0.1) is 11.6 Å². The first-order valence-corrected chi connectivity index (χ1v) is 13.8. The van der Waals surface area contributed by atoms with Gasteiger partial charge in [-0.05, 0) is 48.7 Å². The summed E-state index contributed by atoms with van der Waals surface area (Å²) >= 11 is 0. The van der Waals surface area contributed by atoms with Crippen molar-refractivity contribution in [3.63, 3.8) is 0 Å². The van der Waals surface area contributed by atoms with Gasteiger partial charge in [0, 0.05) is 44.0 Å². The molecule has 3 heterocycles. The lowest BCUT2D eigenvalue weighted by Crippen LogP contribution is -2.34. The van der Waals surface area contributed by atoms with Crippen molar-refractivity contribution < 1.29 is 21.6 Å².